The molecule has 1 heterocycles. The Balaban J connectivity index is 2.88. The molecular weight excluding hydrogens is 126 g/mol. The molecule has 1 aromatic rings. The molecule has 1 aromatic heterocycles. The van der Waals surface area contributed by atoms with Gasteiger partial charge in [-0.05, 0) is 13.0 Å². The number of nitrogen functional groups attached to an aromatic ring is 1. The van der Waals surface area contributed by atoms with Crippen molar-refractivity contribution in [2.75, 3.05) is 0 Å². The van der Waals surface area contributed by atoms with Crippen molar-refractivity contribution < 1.29 is 0 Å². The van der Waals surface area contributed by atoms with Gasteiger partial charge in [0.15, 0.2) is 0 Å². The zero-order chi connectivity index (χ0) is 7.56. The number of amidine groups is 1. The molecule has 0 aliphatic carbocycles. The molecule has 0 atom stereocenters. The highest BCUT2D eigenvalue weighted by Crippen LogP contribution is 1.98. The predicted molar refractivity (Wildman–Crippen MR) is 41.1 cm³/mol. The first kappa shape index (κ1) is 6.86. The van der Waals surface area contributed by atoms with Gasteiger partial charge in [0.1, 0.15) is 5.84 Å². The van der Waals surface area contributed by atoms with Gasteiger partial charge < -0.3 is 10.3 Å². The molecule has 0 aromatic carbocycles. The summed E-state index contributed by atoms with van der Waals surface area (Å²) < 4.78 is 1.98. The van der Waals surface area contributed by atoms with Gasteiger partial charge in [0, 0.05) is 24.5 Å². The standard InChI is InChI=1S/C7H11N3/c1-2-10-4-3-6(5-10)7(8)9/h3-5H,2H2,1H3,(H3,8,9). The fraction of sp³-hybridized carbons (Fsp3) is 0.286. The van der Waals surface area contributed by atoms with Gasteiger partial charge in [0.2, 0.25) is 0 Å². The van der Waals surface area contributed by atoms with Gasteiger partial charge in [-0.2, -0.15) is 0 Å². The third kappa shape index (κ3) is 1.18. The average molecular weight is 137 g/mol. The Morgan fingerprint density at radius 3 is 2.80 bits per heavy atom. The summed E-state index contributed by atoms with van der Waals surface area (Å²) in [5, 5.41) is 7.09. The monoisotopic (exact) mass is 137 g/mol. The van der Waals surface area contributed by atoms with Crippen molar-refractivity contribution in [2.45, 2.75) is 13.5 Å². The first-order chi connectivity index (χ1) is 4.74. The van der Waals surface area contributed by atoms with E-state index in [1.807, 2.05) is 30.0 Å². The van der Waals surface area contributed by atoms with Crippen LogP contribution in [0.2, 0.25) is 0 Å². The SMILES string of the molecule is CCn1ccc(C(=N)N)c1. The molecule has 10 heavy (non-hydrogen) atoms. The fourth-order valence-corrected chi connectivity index (χ4v) is 0.797. The highest BCUT2D eigenvalue weighted by Gasteiger charge is 1.96. The molecule has 0 aliphatic rings. The van der Waals surface area contributed by atoms with E-state index in [1.165, 1.54) is 0 Å². The van der Waals surface area contributed by atoms with Gasteiger partial charge in [-0.25, -0.2) is 0 Å². The smallest absolute Gasteiger partial charge is 0.124 e. The Hall–Kier alpha value is -1.25. The zero-order valence-corrected chi connectivity index (χ0v) is 5.96. The van der Waals surface area contributed by atoms with Crippen LogP contribution >= 0.6 is 0 Å². The molecule has 0 aliphatic heterocycles. The molecular formula is C7H11N3. The van der Waals surface area contributed by atoms with E-state index in [9.17, 15) is 0 Å². The Kier molecular flexibility index (Phi) is 1.76. The van der Waals surface area contributed by atoms with Gasteiger partial charge in [0.05, 0.1) is 0 Å². The molecule has 0 unspecified atom stereocenters. The lowest BCUT2D eigenvalue weighted by Crippen LogP contribution is -2.09. The average Bonchev–Trinajstić information content (AvgIpc) is 2.34. The van der Waals surface area contributed by atoms with Crippen molar-refractivity contribution in [2.24, 2.45) is 5.73 Å². The Labute approximate surface area is 60.0 Å². The maximum atomic E-state index is 7.09. The van der Waals surface area contributed by atoms with Crippen LogP contribution in [0.25, 0.3) is 0 Å². The van der Waals surface area contributed by atoms with E-state index >= 15 is 0 Å². The molecule has 0 radical (unpaired) electrons. The normalized spacial score (nSPS) is 9.70. The summed E-state index contributed by atoms with van der Waals surface area (Å²) in [7, 11) is 0. The van der Waals surface area contributed by atoms with Crippen LogP contribution in [0.3, 0.4) is 0 Å². The highest BCUT2D eigenvalue weighted by atomic mass is 14.9. The highest BCUT2D eigenvalue weighted by molar-refractivity contribution is 5.94. The van der Waals surface area contributed by atoms with E-state index in [2.05, 4.69) is 0 Å². The minimum atomic E-state index is 0.132. The Morgan fingerprint density at radius 1 is 1.80 bits per heavy atom. The molecule has 0 fully saturated rings. The van der Waals surface area contributed by atoms with Crippen LogP contribution in [0.5, 0.6) is 0 Å². The number of aromatic nitrogens is 1. The van der Waals surface area contributed by atoms with Gasteiger partial charge >= 0.3 is 0 Å². The summed E-state index contributed by atoms with van der Waals surface area (Å²) in [6.45, 7) is 2.97. The van der Waals surface area contributed by atoms with Crippen LogP contribution in [0, 0.1) is 5.41 Å². The van der Waals surface area contributed by atoms with E-state index < -0.39 is 0 Å². The molecule has 0 saturated heterocycles. The van der Waals surface area contributed by atoms with Crippen molar-refractivity contribution in [3.05, 3.63) is 24.0 Å². The lowest BCUT2D eigenvalue weighted by Gasteiger charge is -1.92. The third-order valence-electron chi connectivity index (χ3n) is 1.43. The number of nitrogens with two attached hydrogens (primary N) is 1. The fourth-order valence-electron chi connectivity index (χ4n) is 0.797. The number of hydrogen-bond acceptors (Lipinski definition) is 1. The quantitative estimate of drug-likeness (QED) is 0.459. The number of rotatable bonds is 2. The largest absolute Gasteiger partial charge is 0.384 e. The molecule has 54 valence electrons. The molecule has 3 heteroatoms. The second-order valence-electron chi connectivity index (χ2n) is 2.14. The second kappa shape index (κ2) is 2.56. The van der Waals surface area contributed by atoms with E-state index in [-0.39, 0.29) is 5.84 Å². The van der Waals surface area contributed by atoms with E-state index in [4.69, 9.17) is 11.1 Å². The summed E-state index contributed by atoms with van der Waals surface area (Å²) in [6, 6.07) is 1.84. The topological polar surface area (TPSA) is 54.8 Å². The van der Waals surface area contributed by atoms with Crippen LogP contribution < -0.4 is 5.73 Å². The van der Waals surface area contributed by atoms with Gasteiger partial charge in [-0.3, -0.25) is 5.41 Å². The van der Waals surface area contributed by atoms with Crippen LogP contribution in [-0.4, -0.2) is 10.4 Å². The van der Waals surface area contributed by atoms with Crippen LogP contribution in [-0.2, 0) is 6.54 Å². The van der Waals surface area contributed by atoms with E-state index in [0.717, 1.165) is 12.1 Å². The van der Waals surface area contributed by atoms with Gasteiger partial charge in [-0.1, -0.05) is 0 Å². The summed E-state index contributed by atoms with van der Waals surface area (Å²) in [5.74, 6) is 0.132. The van der Waals surface area contributed by atoms with Crippen molar-refractivity contribution in [1.82, 2.24) is 4.57 Å². The van der Waals surface area contributed by atoms with Crippen LogP contribution in [0.4, 0.5) is 0 Å². The van der Waals surface area contributed by atoms with E-state index in [0.29, 0.717) is 0 Å². The second-order valence-corrected chi connectivity index (χ2v) is 2.14. The van der Waals surface area contributed by atoms with Gasteiger partial charge in [0.25, 0.3) is 0 Å². The Morgan fingerprint density at radius 2 is 2.50 bits per heavy atom. The number of nitrogens with one attached hydrogen (secondary N) is 1. The maximum Gasteiger partial charge on any atom is 0.124 e. The van der Waals surface area contributed by atoms with Crippen molar-refractivity contribution >= 4 is 5.84 Å². The predicted octanol–water partition coefficient (Wildman–Crippen LogP) is 0.792. The molecule has 0 bridgehead atoms. The summed E-state index contributed by atoms with van der Waals surface area (Å²) in [4.78, 5) is 0. The van der Waals surface area contributed by atoms with Crippen LogP contribution in [0.15, 0.2) is 18.5 Å². The molecule has 0 amide bonds. The summed E-state index contributed by atoms with van der Waals surface area (Å²) in [5.41, 5.74) is 6.05. The Bertz CT molecular complexity index is 237. The zero-order valence-electron chi connectivity index (χ0n) is 5.96. The number of aryl methyl sites for hydroxylation is 1. The molecule has 3 N–H and O–H groups in total. The minimum Gasteiger partial charge on any atom is -0.384 e. The van der Waals surface area contributed by atoms with Crippen molar-refractivity contribution in [3.63, 3.8) is 0 Å². The summed E-state index contributed by atoms with van der Waals surface area (Å²) >= 11 is 0. The van der Waals surface area contributed by atoms with E-state index in [1.54, 1.807) is 0 Å². The maximum absolute atomic E-state index is 7.09. The molecule has 0 spiro atoms. The summed E-state index contributed by atoms with van der Waals surface area (Å²) in [6.07, 6.45) is 3.78. The number of nitrogens with zero attached hydrogens (tertiary/aromatic N) is 1. The molecule has 1 rings (SSSR count). The van der Waals surface area contributed by atoms with Crippen molar-refractivity contribution in [1.29, 1.82) is 5.41 Å². The minimum absolute atomic E-state index is 0.132. The first-order valence-electron chi connectivity index (χ1n) is 3.24. The first-order valence-corrected chi connectivity index (χ1v) is 3.24. The molecule has 3 nitrogen and oxygen atoms in total. The third-order valence-corrected chi connectivity index (χ3v) is 1.43. The van der Waals surface area contributed by atoms with Gasteiger partial charge in [-0.15, -0.1) is 0 Å². The molecule has 0 saturated carbocycles. The van der Waals surface area contributed by atoms with Crippen molar-refractivity contribution in [3.8, 4) is 0 Å². The number of hydrogen-bond donors (Lipinski definition) is 2. The van der Waals surface area contributed by atoms with Crippen LogP contribution in [0.1, 0.15) is 12.5 Å². The lowest BCUT2D eigenvalue weighted by molar-refractivity contribution is 0.769. The lowest BCUT2D eigenvalue weighted by atomic mass is 10.3.